The molecule has 2 heterocycles. The van der Waals surface area contributed by atoms with Gasteiger partial charge in [-0.3, -0.25) is 19.3 Å². The summed E-state index contributed by atoms with van der Waals surface area (Å²) in [6.45, 7) is 4.00. The Morgan fingerprint density at radius 3 is 2.03 bits per heavy atom. The van der Waals surface area contributed by atoms with Crippen LogP contribution in [-0.4, -0.2) is 33.3 Å². The Hall–Kier alpha value is -2.96. The Morgan fingerprint density at radius 2 is 1.52 bits per heavy atom. The minimum Gasteiger partial charge on any atom is -0.502 e. The molecule has 1 aromatic heterocycles. The summed E-state index contributed by atoms with van der Waals surface area (Å²) in [7, 11) is 0. The standard InChI is InChI=1S/C23H21Cl2N3O3/c1-14(2)26-13-28(27-10-9-19(29)22(30)21(27)23(26)31)20(15-5-3-7-17(24)11-15)16-6-4-8-18(25)12-16/h3-12,14,20,30H,13H2,1-2H3. The first kappa shape index (κ1) is 21.3. The van der Waals surface area contributed by atoms with E-state index in [4.69, 9.17) is 23.2 Å². The number of benzene rings is 2. The van der Waals surface area contributed by atoms with E-state index in [0.29, 0.717) is 10.0 Å². The van der Waals surface area contributed by atoms with Crippen LogP contribution >= 0.6 is 23.2 Å². The molecule has 3 aromatic rings. The zero-order valence-corrected chi connectivity index (χ0v) is 18.5. The summed E-state index contributed by atoms with van der Waals surface area (Å²) in [5, 5.41) is 13.5. The fourth-order valence-corrected chi connectivity index (χ4v) is 4.25. The first-order chi connectivity index (χ1) is 14.8. The molecular weight excluding hydrogens is 437 g/mol. The van der Waals surface area contributed by atoms with Gasteiger partial charge in [0.25, 0.3) is 5.91 Å². The predicted molar refractivity (Wildman–Crippen MR) is 122 cm³/mol. The number of hydrogen-bond acceptors (Lipinski definition) is 4. The van der Waals surface area contributed by atoms with E-state index in [1.807, 2.05) is 55.3 Å². The number of pyridine rings is 1. The third-order valence-electron chi connectivity index (χ3n) is 5.34. The molecule has 0 saturated heterocycles. The Balaban J connectivity index is 1.98. The maximum absolute atomic E-state index is 13.1. The topological polar surface area (TPSA) is 65.8 Å². The molecule has 160 valence electrons. The van der Waals surface area contributed by atoms with Crippen molar-refractivity contribution in [2.75, 3.05) is 11.7 Å². The van der Waals surface area contributed by atoms with Crippen molar-refractivity contribution in [3.05, 3.63) is 97.9 Å². The van der Waals surface area contributed by atoms with Crippen LogP contribution in [0.1, 0.15) is 41.5 Å². The minimum atomic E-state index is -0.604. The molecule has 8 heteroatoms. The van der Waals surface area contributed by atoms with Crippen molar-refractivity contribution in [1.29, 1.82) is 0 Å². The van der Waals surface area contributed by atoms with E-state index in [9.17, 15) is 14.7 Å². The molecule has 0 saturated carbocycles. The van der Waals surface area contributed by atoms with Gasteiger partial charge in [-0.1, -0.05) is 47.5 Å². The zero-order valence-electron chi connectivity index (χ0n) is 17.0. The van der Waals surface area contributed by atoms with Crippen LogP contribution in [-0.2, 0) is 0 Å². The fraction of sp³-hybridized carbons (Fsp3) is 0.217. The average Bonchev–Trinajstić information content (AvgIpc) is 2.72. The number of fused-ring (bicyclic) bond motifs is 1. The lowest BCUT2D eigenvalue weighted by Crippen LogP contribution is -2.57. The molecule has 0 atom stereocenters. The maximum Gasteiger partial charge on any atom is 0.278 e. The van der Waals surface area contributed by atoms with Crippen molar-refractivity contribution in [1.82, 2.24) is 9.58 Å². The van der Waals surface area contributed by atoms with Gasteiger partial charge < -0.3 is 10.0 Å². The van der Waals surface area contributed by atoms with Gasteiger partial charge in [0.1, 0.15) is 6.67 Å². The minimum absolute atomic E-state index is 0.0680. The van der Waals surface area contributed by atoms with Gasteiger partial charge in [-0.2, -0.15) is 0 Å². The van der Waals surface area contributed by atoms with Gasteiger partial charge in [-0.15, -0.1) is 0 Å². The number of aromatic nitrogens is 1. The van der Waals surface area contributed by atoms with Gasteiger partial charge in [0.2, 0.25) is 5.43 Å². The molecule has 1 N–H and O–H groups in total. The molecule has 1 aliphatic heterocycles. The molecule has 6 nitrogen and oxygen atoms in total. The van der Waals surface area contributed by atoms with Crippen LogP contribution in [0.4, 0.5) is 0 Å². The SMILES string of the molecule is CC(C)N1CN(C(c2cccc(Cl)c2)c2cccc(Cl)c2)n2ccc(=O)c(O)c2C1=O. The first-order valence-electron chi connectivity index (χ1n) is 9.81. The molecule has 1 aliphatic rings. The number of amides is 1. The number of nitrogens with zero attached hydrogens (tertiary/aromatic N) is 3. The van der Waals surface area contributed by atoms with Crippen LogP contribution in [0.15, 0.2) is 65.6 Å². The Labute approximate surface area is 189 Å². The first-order valence-corrected chi connectivity index (χ1v) is 10.6. The van der Waals surface area contributed by atoms with Crippen LogP contribution in [0.2, 0.25) is 10.0 Å². The summed E-state index contributed by atoms with van der Waals surface area (Å²) in [5.41, 5.74) is 1.07. The Bertz CT molecular complexity index is 1160. The van der Waals surface area contributed by atoms with E-state index in [0.717, 1.165) is 11.1 Å². The highest BCUT2D eigenvalue weighted by atomic mass is 35.5. The van der Waals surface area contributed by atoms with E-state index in [-0.39, 0.29) is 18.4 Å². The number of carbonyl (C=O) groups is 1. The summed E-state index contributed by atoms with van der Waals surface area (Å²) in [5.74, 6) is -0.976. The van der Waals surface area contributed by atoms with Crippen LogP contribution in [0.25, 0.3) is 0 Å². The monoisotopic (exact) mass is 457 g/mol. The average molecular weight is 458 g/mol. The van der Waals surface area contributed by atoms with Crippen molar-refractivity contribution in [2.24, 2.45) is 0 Å². The highest BCUT2D eigenvalue weighted by Crippen LogP contribution is 2.34. The smallest absolute Gasteiger partial charge is 0.278 e. The largest absolute Gasteiger partial charge is 0.502 e. The Kier molecular flexibility index (Phi) is 5.69. The van der Waals surface area contributed by atoms with Gasteiger partial charge in [0, 0.05) is 28.4 Å². The number of hydrogen-bond donors (Lipinski definition) is 1. The van der Waals surface area contributed by atoms with Gasteiger partial charge in [0.15, 0.2) is 11.4 Å². The molecule has 0 aliphatic carbocycles. The second-order valence-electron chi connectivity index (χ2n) is 7.68. The van der Waals surface area contributed by atoms with E-state index < -0.39 is 23.1 Å². The van der Waals surface area contributed by atoms with Crippen molar-refractivity contribution < 1.29 is 9.90 Å². The summed E-state index contributed by atoms with van der Waals surface area (Å²) >= 11 is 12.6. The molecule has 2 aromatic carbocycles. The lowest BCUT2D eigenvalue weighted by molar-refractivity contribution is 0.0621. The van der Waals surface area contributed by atoms with Gasteiger partial charge in [-0.25, -0.2) is 0 Å². The lowest BCUT2D eigenvalue weighted by Gasteiger charge is -2.45. The van der Waals surface area contributed by atoms with Crippen LogP contribution in [0.5, 0.6) is 5.75 Å². The molecule has 0 unspecified atom stereocenters. The summed E-state index contributed by atoms with van der Waals surface area (Å²) < 4.78 is 1.55. The number of aromatic hydroxyl groups is 1. The number of carbonyl (C=O) groups excluding carboxylic acids is 1. The van der Waals surface area contributed by atoms with Crippen LogP contribution < -0.4 is 10.4 Å². The molecule has 1 amide bonds. The number of rotatable bonds is 4. The van der Waals surface area contributed by atoms with Crippen molar-refractivity contribution in [3.8, 4) is 5.75 Å². The maximum atomic E-state index is 13.1. The number of halogens is 2. The van der Waals surface area contributed by atoms with E-state index in [2.05, 4.69) is 0 Å². The van der Waals surface area contributed by atoms with Crippen molar-refractivity contribution in [3.63, 3.8) is 0 Å². The van der Waals surface area contributed by atoms with Gasteiger partial charge in [-0.05, 0) is 49.2 Å². The molecule has 4 rings (SSSR count). The van der Waals surface area contributed by atoms with Crippen LogP contribution in [0, 0.1) is 0 Å². The highest BCUT2D eigenvalue weighted by Gasteiger charge is 2.37. The quantitative estimate of drug-likeness (QED) is 0.629. The summed E-state index contributed by atoms with van der Waals surface area (Å²) in [6.07, 6.45) is 1.51. The Morgan fingerprint density at radius 1 is 0.935 bits per heavy atom. The third-order valence-corrected chi connectivity index (χ3v) is 5.81. The molecular formula is C23H21Cl2N3O3. The van der Waals surface area contributed by atoms with Crippen LogP contribution in [0.3, 0.4) is 0 Å². The second-order valence-corrected chi connectivity index (χ2v) is 8.56. The molecule has 0 radical (unpaired) electrons. The molecule has 0 spiro atoms. The molecule has 0 fully saturated rings. The van der Waals surface area contributed by atoms with E-state index in [1.54, 1.807) is 21.7 Å². The summed E-state index contributed by atoms with van der Waals surface area (Å²) in [4.78, 5) is 26.9. The normalized spacial score (nSPS) is 13.8. The van der Waals surface area contributed by atoms with Gasteiger partial charge in [0.05, 0.1) is 6.04 Å². The summed E-state index contributed by atoms with van der Waals surface area (Å²) in [6, 6.07) is 15.6. The predicted octanol–water partition coefficient (Wildman–Crippen LogP) is 4.41. The molecule has 31 heavy (non-hydrogen) atoms. The fourth-order valence-electron chi connectivity index (χ4n) is 3.85. The lowest BCUT2D eigenvalue weighted by atomic mass is 9.98. The third kappa shape index (κ3) is 3.89. The second kappa shape index (κ2) is 8.29. The van der Waals surface area contributed by atoms with Gasteiger partial charge >= 0.3 is 0 Å². The highest BCUT2D eigenvalue weighted by molar-refractivity contribution is 6.31. The zero-order chi connectivity index (χ0) is 22.3. The van der Waals surface area contributed by atoms with E-state index >= 15 is 0 Å². The van der Waals surface area contributed by atoms with E-state index in [1.165, 1.54) is 12.3 Å². The van der Waals surface area contributed by atoms with Crippen molar-refractivity contribution in [2.45, 2.75) is 25.9 Å². The van der Waals surface area contributed by atoms with Crippen molar-refractivity contribution >= 4 is 29.1 Å². The molecule has 0 bridgehead atoms.